The van der Waals surface area contributed by atoms with E-state index in [1.165, 1.54) is 11.3 Å². The Balaban J connectivity index is 1.80. The molecule has 0 saturated carbocycles. The van der Waals surface area contributed by atoms with E-state index in [0.717, 1.165) is 5.56 Å². The molecule has 0 fully saturated rings. The summed E-state index contributed by atoms with van der Waals surface area (Å²) < 4.78 is 10.4. The first-order chi connectivity index (χ1) is 12.0. The highest BCUT2D eigenvalue weighted by Crippen LogP contribution is 2.27. The first-order valence-corrected chi connectivity index (χ1v) is 8.50. The van der Waals surface area contributed by atoms with E-state index in [-0.39, 0.29) is 18.7 Å². The lowest BCUT2D eigenvalue weighted by molar-refractivity contribution is -0.304. The maximum Gasteiger partial charge on any atom is 0.226 e. The second kappa shape index (κ2) is 9.03. The highest BCUT2D eigenvalue weighted by Gasteiger charge is 2.09. The molecule has 1 aromatic heterocycles. The van der Waals surface area contributed by atoms with Gasteiger partial charge in [-0.3, -0.25) is 4.79 Å². The predicted molar refractivity (Wildman–Crippen MR) is 90.8 cm³/mol. The van der Waals surface area contributed by atoms with Crippen molar-refractivity contribution in [2.75, 3.05) is 20.8 Å². The van der Waals surface area contributed by atoms with Crippen LogP contribution in [0.3, 0.4) is 0 Å². The molecule has 0 saturated heterocycles. The van der Waals surface area contributed by atoms with Gasteiger partial charge in [-0.05, 0) is 24.1 Å². The summed E-state index contributed by atoms with van der Waals surface area (Å²) in [6.45, 7) is 0.478. The summed E-state index contributed by atoms with van der Waals surface area (Å²) in [5.74, 6) is -0.0352. The number of carbonyl (C=O) groups excluding carboxylic acids is 2. The minimum atomic E-state index is -1.18. The number of hydrogen-bond donors (Lipinski definition) is 1. The summed E-state index contributed by atoms with van der Waals surface area (Å²) in [7, 11) is 3.15. The Labute approximate surface area is 149 Å². The average Bonchev–Trinajstić information content (AvgIpc) is 3.00. The largest absolute Gasteiger partial charge is 0.550 e. The number of hydrogen-bond acceptors (Lipinski definition) is 7. The molecule has 0 unspecified atom stereocenters. The van der Waals surface area contributed by atoms with Crippen molar-refractivity contribution in [1.82, 2.24) is 10.3 Å². The molecule has 7 nitrogen and oxygen atoms in total. The number of aliphatic carboxylic acids is 1. The van der Waals surface area contributed by atoms with Crippen LogP contribution < -0.4 is 19.9 Å². The highest BCUT2D eigenvalue weighted by atomic mass is 32.1. The zero-order chi connectivity index (χ0) is 18.2. The molecule has 2 rings (SSSR count). The van der Waals surface area contributed by atoms with E-state index in [1.807, 2.05) is 18.2 Å². The predicted octanol–water partition coefficient (Wildman–Crippen LogP) is 0.354. The summed E-state index contributed by atoms with van der Waals surface area (Å²) >= 11 is 1.27. The molecule has 1 N–H and O–H groups in total. The second-order valence-corrected chi connectivity index (χ2v) is 6.19. The lowest BCUT2D eigenvalue weighted by atomic mass is 10.1. The standard InChI is InChI=1S/C17H20N2O5S/c1-23-13-4-3-11(7-14(13)24-2)5-6-18-15(20)9-16-19-12(10-25-16)8-17(21)22/h3-4,7,10H,5-6,8-9H2,1-2H3,(H,18,20)(H,21,22)/p-1. The molecule has 0 aliphatic carbocycles. The smallest absolute Gasteiger partial charge is 0.226 e. The lowest BCUT2D eigenvalue weighted by Crippen LogP contribution is -2.27. The second-order valence-electron chi connectivity index (χ2n) is 5.25. The molecule has 0 aliphatic heterocycles. The van der Waals surface area contributed by atoms with Crippen LogP contribution in [0.1, 0.15) is 16.3 Å². The normalized spacial score (nSPS) is 10.3. The van der Waals surface area contributed by atoms with Crippen molar-refractivity contribution < 1.29 is 24.2 Å². The van der Waals surface area contributed by atoms with E-state index in [0.29, 0.717) is 35.2 Å². The Kier molecular flexibility index (Phi) is 6.76. The van der Waals surface area contributed by atoms with Crippen molar-refractivity contribution in [3.05, 3.63) is 39.8 Å². The molecule has 8 heteroatoms. The number of thiazole rings is 1. The third-order valence-corrected chi connectivity index (χ3v) is 4.32. The van der Waals surface area contributed by atoms with Gasteiger partial charge in [-0.2, -0.15) is 0 Å². The molecule has 0 spiro atoms. The number of nitrogens with one attached hydrogen (secondary N) is 1. The summed E-state index contributed by atoms with van der Waals surface area (Å²) in [4.78, 5) is 26.6. The number of carboxylic acids is 1. The lowest BCUT2D eigenvalue weighted by Gasteiger charge is -2.10. The van der Waals surface area contributed by atoms with E-state index >= 15 is 0 Å². The summed E-state index contributed by atoms with van der Waals surface area (Å²) in [6, 6.07) is 5.61. The fraction of sp³-hybridized carbons (Fsp3) is 0.353. The van der Waals surface area contributed by atoms with Crippen LogP contribution in [0.25, 0.3) is 0 Å². The number of benzene rings is 1. The van der Waals surface area contributed by atoms with Crippen molar-refractivity contribution in [1.29, 1.82) is 0 Å². The molecule has 1 amide bonds. The number of carboxylic acid groups (broad SMARTS) is 1. The van der Waals surface area contributed by atoms with E-state index < -0.39 is 5.97 Å². The molecule has 25 heavy (non-hydrogen) atoms. The molecule has 134 valence electrons. The number of rotatable bonds is 9. The van der Waals surface area contributed by atoms with E-state index in [9.17, 15) is 14.7 Å². The van der Waals surface area contributed by atoms with Gasteiger partial charge in [0.05, 0.1) is 26.3 Å². The molecule has 0 atom stereocenters. The first kappa shape index (κ1) is 18.7. The maximum absolute atomic E-state index is 11.9. The molecule has 0 radical (unpaired) electrons. The van der Waals surface area contributed by atoms with Crippen LogP contribution in [0.5, 0.6) is 11.5 Å². The van der Waals surface area contributed by atoms with Gasteiger partial charge in [-0.1, -0.05) is 6.07 Å². The van der Waals surface area contributed by atoms with Crippen LogP contribution in [0, 0.1) is 0 Å². The van der Waals surface area contributed by atoms with E-state index in [1.54, 1.807) is 19.6 Å². The third kappa shape index (κ3) is 5.75. The zero-order valence-electron chi connectivity index (χ0n) is 14.0. The Morgan fingerprint density at radius 3 is 2.64 bits per heavy atom. The van der Waals surface area contributed by atoms with Crippen LogP contribution in [0.15, 0.2) is 23.6 Å². The van der Waals surface area contributed by atoms with Gasteiger partial charge < -0.3 is 24.7 Å². The molecule has 1 aromatic carbocycles. The van der Waals surface area contributed by atoms with Crippen LogP contribution >= 0.6 is 11.3 Å². The zero-order valence-corrected chi connectivity index (χ0v) is 14.9. The fourth-order valence-electron chi connectivity index (χ4n) is 2.24. The molecular formula is C17H19N2O5S-. The summed E-state index contributed by atoms with van der Waals surface area (Å²) in [5.41, 5.74) is 1.43. The highest BCUT2D eigenvalue weighted by molar-refractivity contribution is 7.09. The van der Waals surface area contributed by atoms with E-state index in [2.05, 4.69) is 10.3 Å². The Bertz CT molecular complexity index is 744. The number of aromatic nitrogens is 1. The number of carbonyl (C=O) groups is 2. The minimum absolute atomic E-state index is 0.129. The monoisotopic (exact) mass is 363 g/mol. The van der Waals surface area contributed by atoms with Crippen molar-refractivity contribution in [2.45, 2.75) is 19.3 Å². The van der Waals surface area contributed by atoms with Gasteiger partial charge >= 0.3 is 0 Å². The maximum atomic E-state index is 11.9. The summed E-state index contributed by atoms with van der Waals surface area (Å²) in [5, 5.41) is 15.6. The summed E-state index contributed by atoms with van der Waals surface area (Å²) in [6.07, 6.45) is 0.543. The van der Waals surface area contributed by atoms with Crippen molar-refractivity contribution in [3.63, 3.8) is 0 Å². The Morgan fingerprint density at radius 2 is 1.96 bits per heavy atom. The van der Waals surface area contributed by atoms with Gasteiger partial charge in [-0.15, -0.1) is 11.3 Å². The molecular weight excluding hydrogens is 344 g/mol. The van der Waals surface area contributed by atoms with Gasteiger partial charge in [0.25, 0.3) is 0 Å². The number of methoxy groups -OCH3 is 2. The van der Waals surface area contributed by atoms with Crippen LogP contribution in [-0.2, 0) is 28.9 Å². The van der Waals surface area contributed by atoms with Crippen LogP contribution in [0.2, 0.25) is 0 Å². The van der Waals surface area contributed by atoms with Gasteiger partial charge in [-0.25, -0.2) is 4.98 Å². The number of nitrogens with zero attached hydrogens (tertiary/aromatic N) is 1. The SMILES string of the molecule is COc1ccc(CCNC(=O)Cc2nc(CC(=O)[O-])cs2)cc1OC. The van der Waals surface area contributed by atoms with Crippen molar-refractivity contribution >= 4 is 23.2 Å². The molecule has 2 aromatic rings. The first-order valence-electron chi connectivity index (χ1n) is 7.62. The Morgan fingerprint density at radius 1 is 1.20 bits per heavy atom. The molecule has 0 aliphatic rings. The topological polar surface area (TPSA) is 101 Å². The quantitative estimate of drug-likeness (QED) is 0.690. The fourth-order valence-corrected chi connectivity index (χ4v) is 3.03. The van der Waals surface area contributed by atoms with Crippen LogP contribution in [-0.4, -0.2) is 37.6 Å². The van der Waals surface area contributed by atoms with Gasteiger partial charge in [0, 0.05) is 24.3 Å². The third-order valence-electron chi connectivity index (χ3n) is 3.42. The van der Waals surface area contributed by atoms with Crippen LogP contribution in [0.4, 0.5) is 0 Å². The average molecular weight is 363 g/mol. The van der Waals surface area contributed by atoms with Gasteiger partial charge in [0.15, 0.2) is 11.5 Å². The van der Waals surface area contributed by atoms with E-state index in [4.69, 9.17) is 9.47 Å². The van der Waals surface area contributed by atoms with Crippen molar-refractivity contribution in [3.8, 4) is 11.5 Å². The van der Waals surface area contributed by atoms with Crippen molar-refractivity contribution in [2.24, 2.45) is 0 Å². The van der Waals surface area contributed by atoms with Gasteiger partial charge in [0.2, 0.25) is 5.91 Å². The van der Waals surface area contributed by atoms with Gasteiger partial charge in [0.1, 0.15) is 5.01 Å². The molecule has 0 bridgehead atoms. The Hall–Kier alpha value is -2.61. The number of ether oxygens (including phenoxy) is 2. The minimum Gasteiger partial charge on any atom is -0.550 e. The molecule has 1 heterocycles. The number of amides is 1.